The number of benzene rings is 1. The third-order valence-corrected chi connectivity index (χ3v) is 6.31. The summed E-state index contributed by atoms with van der Waals surface area (Å²) >= 11 is 5.95. The van der Waals surface area contributed by atoms with Crippen LogP contribution in [0.1, 0.15) is 12.8 Å². The van der Waals surface area contributed by atoms with E-state index in [4.69, 9.17) is 16.1 Å². The summed E-state index contributed by atoms with van der Waals surface area (Å²) in [5.74, 6) is 1.54. The van der Waals surface area contributed by atoms with Gasteiger partial charge in [-0.1, -0.05) is 16.8 Å². The molecule has 166 valence electrons. The quantitative estimate of drug-likeness (QED) is 0.595. The first-order valence-corrected chi connectivity index (χ1v) is 11.2. The van der Waals surface area contributed by atoms with Crippen LogP contribution in [0.2, 0.25) is 5.02 Å². The van der Waals surface area contributed by atoms with Crippen LogP contribution in [-0.4, -0.2) is 70.2 Å². The maximum Gasteiger partial charge on any atom is 0.324 e. The fraction of sp³-hybridized carbons (Fsp3) is 0.409. The molecule has 2 fully saturated rings. The summed E-state index contributed by atoms with van der Waals surface area (Å²) in [5, 5.41) is 4.76. The van der Waals surface area contributed by atoms with Crippen molar-refractivity contribution in [1.82, 2.24) is 25.0 Å². The lowest BCUT2D eigenvalue weighted by atomic mass is 9.95. The summed E-state index contributed by atoms with van der Waals surface area (Å²) in [6.45, 7) is 4.35. The number of carbonyl (C=O) groups excluding carboxylic acids is 1. The third kappa shape index (κ3) is 4.38. The first-order chi connectivity index (χ1) is 15.7. The number of nitrogens with zero attached hydrogens (tertiary/aromatic N) is 7. The van der Waals surface area contributed by atoms with Crippen molar-refractivity contribution in [2.24, 2.45) is 5.92 Å². The van der Waals surface area contributed by atoms with Gasteiger partial charge in [0.1, 0.15) is 0 Å². The molecular weight excluding hydrogens is 430 g/mol. The molecule has 0 saturated carbocycles. The molecular formula is C22H24ClN7O2. The van der Waals surface area contributed by atoms with Crippen LogP contribution in [0, 0.1) is 5.92 Å². The maximum absolute atomic E-state index is 13.1. The van der Waals surface area contributed by atoms with Gasteiger partial charge in [0.2, 0.25) is 17.7 Å². The van der Waals surface area contributed by atoms with Gasteiger partial charge in [-0.2, -0.15) is 4.98 Å². The van der Waals surface area contributed by atoms with Crippen molar-refractivity contribution >= 4 is 29.5 Å². The topological polar surface area (TPSA) is 91.5 Å². The smallest absolute Gasteiger partial charge is 0.324 e. The summed E-state index contributed by atoms with van der Waals surface area (Å²) in [5.41, 5.74) is 0.856. The zero-order valence-corrected chi connectivity index (χ0v) is 18.4. The Labute approximate surface area is 191 Å². The summed E-state index contributed by atoms with van der Waals surface area (Å²) in [6.07, 6.45) is 5.05. The van der Waals surface area contributed by atoms with E-state index in [0.717, 1.165) is 50.5 Å². The number of amides is 1. The molecule has 1 amide bonds. The molecule has 32 heavy (non-hydrogen) atoms. The molecule has 2 aliphatic heterocycles. The summed E-state index contributed by atoms with van der Waals surface area (Å²) in [4.78, 5) is 32.3. The molecule has 2 saturated heterocycles. The Morgan fingerprint density at radius 3 is 2.31 bits per heavy atom. The Bertz CT molecular complexity index is 1040. The van der Waals surface area contributed by atoms with E-state index in [0.29, 0.717) is 30.0 Å². The highest BCUT2D eigenvalue weighted by molar-refractivity contribution is 6.30. The van der Waals surface area contributed by atoms with Crippen molar-refractivity contribution < 1.29 is 9.32 Å². The van der Waals surface area contributed by atoms with Crippen molar-refractivity contribution in [1.29, 1.82) is 0 Å². The lowest BCUT2D eigenvalue weighted by molar-refractivity contribution is -0.136. The lowest BCUT2D eigenvalue weighted by Crippen LogP contribution is -2.52. The predicted molar refractivity (Wildman–Crippen MR) is 121 cm³/mol. The monoisotopic (exact) mass is 453 g/mol. The standard InChI is InChI=1S/C22H24ClN7O2/c23-18-4-2-16(3-5-18)19-26-22(32-27-19)30-10-6-17(7-11-30)20(31)28-12-14-29(15-13-28)21-24-8-1-9-25-21/h1-5,8-9,17H,6-7,10-15H2. The number of hydrogen-bond donors (Lipinski definition) is 0. The molecule has 0 radical (unpaired) electrons. The number of hydrogen-bond acceptors (Lipinski definition) is 8. The van der Waals surface area contributed by atoms with Gasteiger partial charge < -0.3 is 19.2 Å². The van der Waals surface area contributed by atoms with E-state index in [1.54, 1.807) is 24.5 Å². The highest BCUT2D eigenvalue weighted by Crippen LogP contribution is 2.26. The molecule has 0 aliphatic carbocycles. The minimum absolute atomic E-state index is 0.0319. The summed E-state index contributed by atoms with van der Waals surface area (Å²) in [6, 6.07) is 9.64. The first kappa shape index (κ1) is 20.7. The lowest BCUT2D eigenvalue weighted by Gasteiger charge is -2.38. The molecule has 3 aromatic rings. The minimum atomic E-state index is 0.0319. The second-order valence-corrected chi connectivity index (χ2v) is 8.47. The van der Waals surface area contributed by atoms with Gasteiger partial charge >= 0.3 is 6.01 Å². The van der Waals surface area contributed by atoms with Crippen LogP contribution in [-0.2, 0) is 4.79 Å². The molecule has 0 bridgehead atoms. The molecule has 2 aliphatic rings. The molecule has 2 aromatic heterocycles. The number of halogens is 1. The first-order valence-electron chi connectivity index (χ1n) is 10.8. The van der Waals surface area contributed by atoms with Crippen LogP contribution in [0.15, 0.2) is 47.2 Å². The second kappa shape index (κ2) is 9.12. The normalized spacial score (nSPS) is 17.6. The van der Waals surface area contributed by atoms with Gasteiger partial charge in [0.15, 0.2) is 0 Å². The number of carbonyl (C=O) groups is 1. The van der Waals surface area contributed by atoms with E-state index in [1.807, 2.05) is 23.1 Å². The van der Waals surface area contributed by atoms with Crippen LogP contribution < -0.4 is 9.80 Å². The number of rotatable bonds is 4. The fourth-order valence-corrected chi connectivity index (χ4v) is 4.34. The molecule has 0 N–H and O–H groups in total. The summed E-state index contributed by atoms with van der Waals surface area (Å²) in [7, 11) is 0. The van der Waals surface area contributed by atoms with Crippen LogP contribution >= 0.6 is 11.6 Å². The highest BCUT2D eigenvalue weighted by Gasteiger charge is 2.32. The largest absolute Gasteiger partial charge is 0.339 e. The van der Waals surface area contributed by atoms with Gasteiger partial charge in [-0.25, -0.2) is 9.97 Å². The van der Waals surface area contributed by atoms with Crippen LogP contribution in [0.25, 0.3) is 11.4 Å². The molecule has 10 heteroatoms. The Hall–Kier alpha value is -3.20. The van der Waals surface area contributed by atoms with Gasteiger partial charge in [0.05, 0.1) is 0 Å². The zero-order valence-electron chi connectivity index (χ0n) is 17.6. The molecule has 1 aromatic carbocycles. The maximum atomic E-state index is 13.1. The van der Waals surface area contributed by atoms with Crippen molar-refractivity contribution in [3.8, 4) is 11.4 Å². The van der Waals surface area contributed by atoms with Crippen molar-refractivity contribution in [3.05, 3.63) is 47.7 Å². The van der Waals surface area contributed by atoms with Gasteiger partial charge in [0, 0.05) is 68.2 Å². The number of piperidine rings is 1. The zero-order chi connectivity index (χ0) is 21.9. The number of anilines is 2. The minimum Gasteiger partial charge on any atom is -0.339 e. The molecule has 5 rings (SSSR count). The van der Waals surface area contributed by atoms with E-state index in [1.165, 1.54) is 0 Å². The SMILES string of the molecule is O=C(C1CCN(c2nc(-c3ccc(Cl)cc3)no2)CC1)N1CCN(c2ncccn2)CC1. The average Bonchev–Trinajstić information content (AvgIpc) is 3.35. The number of aromatic nitrogens is 4. The van der Waals surface area contributed by atoms with E-state index < -0.39 is 0 Å². The van der Waals surface area contributed by atoms with Gasteiger partial charge in [-0.15, -0.1) is 0 Å². The third-order valence-electron chi connectivity index (χ3n) is 6.06. The predicted octanol–water partition coefficient (Wildman–Crippen LogP) is 2.75. The van der Waals surface area contributed by atoms with E-state index in [2.05, 4.69) is 29.9 Å². The summed E-state index contributed by atoms with van der Waals surface area (Å²) < 4.78 is 5.47. The fourth-order valence-electron chi connectivity index (χ4n) is 4.22. The molecule has 0 unspecified atom stereocenters. The molecule has 4 heterocycles. The molecule has 9 nitrogen and oxygen atoms in total. The van der Waals surface area contributed by atoms with Gasteiger partial charge in [-0.05, 0) is 43.2 Å². The Balaban J connectivity index is 1.13. The van der Waals surface area contributed by atoms with Crippen molar-refractivity contribution in [3.63, 3.8) is 0 Å². The van der Waals surface area contributed by atoms with Crippen molar-refractivity contribution in [2.75, 3.05) is 49.1 Å². The average molecular weight is 454 g/mol. The van der Waals surface area contributed by atoms with E-state index in [9.17, 15) is 4.79 Å². The van der Waals surface area contributed by atoms with Crippen molar-refractivity contribution in [2.45, 2.75) is 12.8 Å². The van der Waals surface area contributed by atoms with Crippen LogP contribution in [0.5, 0.6) is 0 Å². The van der Waals surface area contributed by atoms with E-state index >= 15 is 0 Å². The molecule has 0 atom stereocenters. The second-order valence-electron chi connectivity index (χ2n) is 8.03. The number of piperazine rings is 1. The highest BCUT2D eigenvalue weighted by atomic mass is 35.5. The van der Waals surface area contributed by atoms with E-state index in [-0.39, 0.29) is 11.8 Å². The Morgan fingerprint density at radius 1 is 0.938 bits per heavy atom. The van der Waals surface area contributed by atoms with Crippen LogP contribution in [0.4, 0.5) is 12.0 Å². The Kier molecular flexibility index (Phi) is 5.89. The van der Waals surface area contributed by atoms with Gasteiger partial charge in [0.25, 0.3) is 0 Å². The van der Waals surface area contributed by atoms with Gasteiger partial charge in [-0.3, -0.25) is 4.79 Å². The molecule has 0 spiro atoms. The Morgan fingerprint density at radius 2 is 1.62 bits per heavy atom. The van der Waals surface area contributed by atoms with Crippen LogP contribution in [0.3, 0.4) is 0 Å².